The summed E-state index contributed by atoms with van der Waals surface area (Å²) in [5.41, 5.74) is 7.61. The lowest BCUT2D eigenvalue weighted by atomic mass is 10.1. The fraction of sp³-hybridized carbons (Fsp3) is 0.500. The molecule has 1 amide bonds. The Kier molecular flexibility index (Phi) is 7.65. The van der Waals surface area contributed by atoms with Crippen molar-refractivity contribution >= 4 is 46.0 Å². The van der Waals surface area contributed by atoms with Crippen LogP contribution < -0.4 is 11.1 Å². The lowest BCUT2D eigenvalue weighted by molar-refractivity contribution is -0.165. The van der Waals surface area contributed by atoms with Crippen LogP contribution in [0.5, 0.6) is 0 Å². The molecule has 4 atom stereocenters. The number of amides is 1. The second-order valence-corrected chi connectivity index (χ2v) is 10.1. The molecule has 194 valence electrons. The number of pyridine rings is 1. The van der Waals surface area contributed by atoms with Gasteiger partial charge in [0.15, 0.2) is 12.2 Å². The number of anilines is 1. The number of aliphatic hydroxyl groups is 2. The Bertz CT molecular complexity index is 1140. The predicted molar refractivity (Wildman–Crippen MR) is 130 cm³/mol. The molecule has 2 aromatic rings. The highest BCUT2D eigenvalue weighted by atomic mass is 35.5. The minimum atomic E-state index is -2.27. The third-order valence-electron chi connectivity index (χ3n) is 7.09. The molecule has 36 heavy (non-hydrogen) atoms. The van der Waals surface area contributed by atoms with Gasteiger partial charge in [0.1, 0.15) is 0 Å². The van der Waals surface area contributed by atoms with E-state index in [1.165, 1.54) is 32.5 Å². The van der Waals surface area contributed by atoms with Gasteiger partial charge < -0.3 is 36.4 Å². The molecule has 0 spiro atoms. The first-order chi connectivity index (χ1) is 17.1. The quantitative estimate of drug-likeness (QED) is 0.270. The maximum absolute atomic E-state index is 12.7. The van der Waals surface area contributed by atoms with Crippen LogP contribution in [0.4, 0.5) is 5.69 Å². The average molecular weight is 521 g/mol. The van der Waals surface area contributed by atoms with Gasteiger partial charge in [0.25, 0.3) is 5.91 Å². The van der Waals surface area contributed by atoms with E-state index in [0.29, 0.717) is 27.7 Å². The number of carboxylic acids is 2. The summed E-state index contributed by atoms with van der Waals surface area (Å²) in [5, 5.41) is 36.7. The summed E-state index contributed by atoms with van der Waals surface area (Å²) in [7, 11) is 0. The Morgan fingerprint density at radius 1 is 1.14 bits per heavy atom. The lowest BCUT2D eigenvalue weighted by Crippen LogP contribution is -2.39. The Balaban J connectivity index is 0.000000261. The molecular weight excluding hydrogens is 492 g/mol. The molecule has 2 saturated carbocycles. The van der Waals surface area contributed by atoms with E-state index < -0.39 is 24.1 Å². The summed E-state index contributed by atoms with van der Waals surface area (Å²) in [6, 6.07) is 5.28. The van der Waals surface area contributed by atoms with Crippen molar-refractivity contribution in [2.24, 2.45) is 23.7 Å². The number of nitrogens with two attached hydrogens (primary N) is 1. The van der Waals surface area contributed by atoms with Crippen molar-refractivity contribution in [2.45, 2.75) is 25.0 Å². The predicted octanol–water partition coefficient (Wildman–Crippen LogP) is 0.665. The molecule has 3 aliphatic rings. The molecule has 0 bridgehead atoms. The van der Waals surface area contributed by atoms with E-state index >= 15 is 0 Å². The number of aromatic nitrogens is 1. The number of hydrogen-bond acceptors (Lipinski definition) is 8. The number of nitrogen functional groups attached to an aromatic ring is 1. The van der Waals surface area contributed by atoms with Gasteiger partial charge in [0.05, 0.1) is 21.8 Å². The first kappa shape index (κ1) is 26.1. The van der Waals surface area contributed by atoms with Crippen LogP contribution in [0.3, 0.4) is 0 Å². The summed E-state index contributed by atoms with van der Waals surface area (Å²) in [6.45, 7) is 4.44. The molecule has 1 aromatic carbocycles. The second kappa shape index (κ2) is 10.6. The zero-order valence-electron chi connectivity index (χ0n) is 19.4. The van der Waals surface area contributed by atoms with Crippen LogP contribution in [-0.4, -0.2) is 86.5 Å². The second-order valence-electron chi connectivity index (χ2n) is 9.65. The number of halogens is 1. The van der Waals surface area contributed by atoms with Gasteiger partial charge in [-0.2, -0.15) is 0 Å². The van der Waals surface area contributed by atoms with E-state index in [9.17, 15) is 14.4 Å². The van der Waals surface area contributed by atoms with Gasteiger partial charge in [-0.3, -0.25) is 9.78 Å². The van der Waals surface area contributed by atoms with Crippen LogP contribution in [0.25, 0.3) is 10.9 Å². The standard InChI is InChI=1S/C20H23ClN4O.C4H6O6/c21-17-6-13(19-12(18(17)22)2-1-5-23-19)20(26)24-7-14-15-9-25(10-16(14)15)8-11-3-4-11;5-1(3(7)8)2(6)4(9)10/h1-2,5-6,11,14-16H,3-4,7-10,22H2,(H,24,26);1-2,5-6H,(H,7,8)(H,9,10). The molecule has 4 unspecified atom stereocenters. The number of aliphatic hydroxyl groups excluding tert-OH is 2. The summed E-state index contributed by atoms with van der Waals surface area (Å²) >= 11 is 6.21. The third kappa shape index (κ3) is 5.70. The van der Waals surface area contributed by atoms with Crippen LogP contribution in [0.1, 0.15) is 23.2 Å². The lowest BCUT2D eigenvalue weighted by Gasteiger charge is -2.19. The SMILES string of the molecule is Nc1c(Cl)cc(C(=O)NCC2C3CN(CC4CC4)CC23)c2ncccc12.O=C(O)C(O)C(O)C(=O)O. The minimum absolute atomic E-state index is 0.115. The first-order valence-corrected chi connectivity index (χ1v) is 12.1. The van der Waals surface area contributed by atoms with Crippen molar-refractivity contribution in [1.82, 2.24) is 15.2 Å². The van der Waals surface area contributed by atoms with Crippen molar-refractivity contribution in [2.75, 3.05) is 31.9 Å². The fourth-order valence-electron chi connectivity index (χ4n) is 4.84. The molecule has 1 aliphatic heterocycles. The van der Waals surface area contributed by atoms with E-state index in [1.54, 1.807) is 18.3 Å². The highest BCUT2D eigenvalue weighted by molar-refractivity contribution is 6.35. The number of nitrogens with one attached hydrogen (secondary N) is 1. The molecule has 3 fully saturated rings. The average Bonchev–Trinajstić information content (AvgIpc) is 3.75. The molecule has 2 aliphatic carbocycles. The molecule has 12 heteroatoms. The number of hydrogen-bond donors (Lipinski definition) is 6. The number of nitrogens with zero attached hydrogens (tertiary/aromatic N) is 2. The number of likely N-dealkylation sites (tertiary alicyclic amines) is 1. The highest BCUT2D eigenvalue weighted by Crippen LogP contribution is 2.52. The largest absolute Gasteiger partial charge is 0.479 e. The van der Waals surface area contributed by atoms with Crippen LogP contribution >= 0.6 is 11.6 Å². The van der Waals surface area contributed by atoms with E-state index in [4.69, 9.17) is 37.8 Å². The molecule has 2 heterocycles. The molecule has 1 aromatic heterocycles. The Hall–Kier alpha value is -2.99. The van der Waals surface area contributed by atoms with Crippen LogP contribution in [0, 0.1) is 23.7 Å². The van der Waals surface area contributed by atoms with Gasteiger partial charge in [-0.15, -0.1) is 0 Å². The normalized spacial score (nSPS) is 24.2. The van der Waals surface area contributed by atoms with Gasteiger partial charge >= 0.3 is 11.9 Å². The summed E-state index contributed by atoms with van der Waals surface area (Å²) < 4.78 is 0. The van der Waals surface area contributed by atoms with E-state index in [1.807, 2.05) is 6.07 Å². The number of carbonyl (C=O) groups is 3. The molecule has 0 radical (unpaired) electrons. The van der Waals surface area contributed by atoms with Crippen LogP contribution in [-0.2, 0) is 9.59 Å². The van der Waals surface area contributed by atoms with Crippen LogP contribution in [0.2, 0.25) is 5.02 Å². The first-order valence-electron chi connectivity index (χ1n) is 11.7. The summed E-state index contributed by atoms with van der Waals surface area (Å²) in [6.07, 6.45) is -0.0313. The Morgan fingerprint density at radius 3 is 2.31 bits per heavy atom. The summed E-state index contributed by atoms with van der Waals surface area (Å²) in [5.74, 6) is -0.544. The molecular formula is C24H29ClN4O7. The van der Waals surface area contributed by atoms with E-state index in [0.717, 1.165) is 29.7 Å². The summed E-state index contributed by atoms with van der Waals surface area (Å²) in [4.78, 5) is 39.2. The zero-order chi connectivity index (χ0) is 26.1. The van der Waals surface area contributed by atoms with Gasteiger partial charge in [0, 0.05) is 37.8 Å². The maximum Gasteiger partial charge on any atom is 0.335 e. The van der Waals surface area contributed by atoms with Gasteiger partial charge in [-0.1, -0.05) is 11.6 Å². The number of benzene rings is 1. The highest BCUT2D eigenvalue weighted by Gasteiger charge is 2.55. The monoisotopic (exact) mass is 520 g/mol. The Morgan fingerprint density at radius 2 is 1.75 bits per heavy atom. The van der Waals surface area contributed by atoms with Gasteiger partial charge in [0.2, 0.25) is 0 Å². The van der Waals surface area contributed by atoms with Crippen LogP contribution in [0.15, 0.2) is 24.4 Å². The van der Waals surface area contributed by atoms with Crippen molar-refractivity contribution in [3.63, 3.8) is 0 Å². The number of carboxylic acid groups (broad SMARTS) is 2. The maximum atomic E-state index is 12.7. The van der Waals surface area contributed by atoms with E-state index in [2.05, 4.69) is 15.2 Å². The van der Waals surface area contributed by atoms with Crippen molar-refractivity contribution < 1.29 is 34.8 Å². The van der Waals surface area contributed by atoms with Crippen molar-refractivity contribution in [3.8, 4) is 0 Å². The number of piperidine rings is 1. The molecule has 11 nitrogen and oxygen atoms in total. The smallest absolute Gasteiger partial charge is 0.335 e. The minimum Gasteiger partial charge on any atom is -0.479 e. The van der Waals surface area contributed by atoms with Gasteiger partial charge in [-0.05, 0) is 54.7 Å². The third-order valence-corrected chi connectivity index (χ3v) is 7.40. The zero-order valence-corrected chi connectivity index (χ0v) is 20.1. The topological polar surface area (TPSA) is 186 Å². The van der Waals surface area contributed by atoms with Crippen molar-refractivity contribution in [3.05, 3.63) is 35.0 Å². The molecule has 5 rings (SSSR count). The molecule has 7 N–H and O–H groups in total. The van der Waals surface area contributed by atoms with Gasteiger partial charge in [-0.25, -0.2) is 9.59 Å². The number of fused-ring (bicyclic) bond motifs is 2. The molecule has 1 saturated heterocycles. The number of rotatable bonds is 8. The van der Waals surface area contributed by atoms with Crippen molar-refractivity contribution in [1.29, 1.82) is 0 Å². The fourth-order valence-corrected chi connectivity index (χ4v) is 5.05. The van der Waals surface area contributed by atoms with E-state index in [-0.39, 0.29) is 5.91 Å². The Labute approximate surface area is 211 Å². The number of aliphatic carboxylic acids is 2. The number of carbonyl (C=O) groups excluding carboxylic acids is 1.